The quantitative estimate of drug-likeness (QED) is 0.726. The van der Waals surface area contributed by atoms with Gasteiger partial charge in [-0.2, -0.15) is 12.7 Å². The molecule has 21 heavy (non-hydrogen) atoms. The highest BCUT2D eigenvalue weighted by Crippen LogP contribution is 2.13. The fraction of sp³-hybridized carbons (Fsp3) is 1.00. The van der Waals surface area contributed by atoms with Crippen LogP contribution in [0.3, 0.4) is 0 Å². The van der Waals surface area contributed by atoms with Crippen LogP contribution in [0.4, 0.5) is 0 Å². The van der Waals surface area contributed by atoms with Crippen molar-refractivity contribution in [1.82, 2.24) is 13.9 Å². The van der Waals surface area contributed by atoms with Crippen LogP contribution in [0.1, 0.15) is 40.5 Å². The average Bonchev–Trinajstić information content (AvgIpc) is 2.41. The van der Waals surface area contributed by atoms with Crippen LogP contribution in [0.5, 0.6) is 0 Å². The Bertz CT molecular complexity index is 392. The van der Waals surface area contributed by atoms with Crippen molar-refractivity contribution in [3.05, 3.63) is 0 Å². The first kappa shape index (κ1) is 18.8. The van der Waals surface area contributed by atoms with Crippen molar-refractivity contribution in [3.8, 4) is 0 Å². The topological polar surface area (TPSA) is 61.9 Å². The molecular weight excluding hydrogens is 290 g/mol. The molecule has 6 nitrogen and oxygen atoms in total. The van der Waals surface area contributed by atoms with E-state index in [0.29, 0.717) is 13.1 Å². The van der Waals surface area contributed by atoms with Crippen LogP contribution in [0, 0.1) is 0 Å². The molecule has 1 saturated heterocycles. The summed E-state index contributed by atoms with van der Waals surface area (Å²) in [5.41, 5.74) is 0. The van der Waals surface area contributed by atoms with Gasteiger partial charge in [-0.05, 0) is 27.2 Å². The van der Waals surface area contributed by atoms with Gasteiger partial charge < -0.3 is 4.74 Å². The Hall–Kier alpha value is -0.210. The Kier molecular flexibility index (Phi) is 7.56. The molecular formula is C14H31N3O3S. The molecule has 1 N–H and O–H groups in total. The van der Waals surface area contributed by atoms with Crippen LogP contribution in [-0.4, -0.2) is 69.1 Å². The number of unbranched alkanes of at least 4 members (excludes halogenated alkanes) is 1. The summed E-state index contributed by atoms with van der Waals surface area (Å²) in [6, 6.07) is 0.160. The largest absolute Gasteiger partial charge is 0.373 e. The molecule has 0 aliphatic carbocycles. The molecule has 0 aromatic heterocycles. The Morgan fingerprint density at radius 2 is 1.90 bits per heavy atom. The lowest BCUT2D eigenvalue weighted by Gasteiger charge is -2.39. The van der Waals surface area contributed by atoms with E-state index in [2.05, 4.69) is 37.3 Å². The Balaban J connectivity index is 2.46. The van der Waals surface area contributed by atoms with Crippen molar-refractivity contribution in [2.24, 2.45) is 0 Å². The smallest absolute Gasteiger partial charge is 0.279 e. The van der Waals surface area contributed by atoms with Crippen LogP contribution < -0.4 is 4.72 Å². The van der Waals surface area contributed by atoms with Crippen molar-refractivity contribution >= 4 is 10.2 Å². The van der Waals surface area contributed by atoms with Crippen molar-refractivity contribution in [3.63, 3.8) is 0 Å². The standard InChI is InChI=1S/C14H31N3O3S/c1-6-7-8-16(5)21(18,19)15-9-12(2)17-10-13(3)20-14(4)11-17/h12-15H,6-11H2,1-5H3/t12-,13+,14+/m0/s1. The minimum Gasteiger partial charge on any atom is -0.373 e. The van der Waals surface area contributed by atoms with Crippen molar-refractivity contribution < 1.29 is 13.2 Å². The summed E-state index contributed by atoms with van der Waals surface area (Å²) in [4.78, 5) is 2.29. The highest BCUT2D eigenvalue weighted by molar-refractivity contribution is 7.87. The molecule has 0 aromatic rings. The van der Waals surface area contributed by atoms with Crippen LogP contribution in [0.25, 0.3) is 0 Å². The van der Waals surface area contributed by atoms with Crippen molar-refractivity contribution in [2.75, 3.05) is 33.2 Å². The number of rotatable bonds is 8. The maximum atomic E-state index is 12.1. The Morgan fingerprint density at radius 3 is 2.43 bits per heavy atom. The molecule has 0 bridgehead atoms. The number of hydrogen-bond donors (Lipinski definition) is 1. The molecule has 1 aliphatic heterocycles. The fourth-order valence-corrected chi connectivity index (χ4v) is 3.59. The second-order valence-corrected chi connectivity index (χ2v) is 7.95. The normalized spacial score (nSPS) is 26.2. The average molecular weight is 321 g/mol. The van der Waals surface area contributed by atoms with Crippen molar-refractivity contribution in [1.29, 1.82) is 0 Å². The van der Waals surface area contributed by atoms with Gasteiger partial charge in [0.25, 0.3) is 10.2 Å². The molecule has 0 aromatic carbocycles. The van der Waals surface area contributed by atoms with Crippen LogP contribution in [0.2, 0.25) is 0 Å². The van der Waals surface area contributed by atoms with Crippen LogP contribution >= 0.6 is 0 Å². The monoisotopic (exact) mass is 321 g/mol. The molecule has 1 rings (SSSR count). The van der Waals surface area contributed by atoms with E-state index in [1.807, 2.05) is 0 Å². The zero-order chi connectivity index (χ0) is 16.0. The molecule has 0 amide bonds. The van der Waals surface area contributed by atoms with Gasteiger partial charge >= 0.3 is 0 Å². The molecule has 3 atom stereocenters. The summed E-state index contributed by atoms with van der Waals surface area (Å²) in [7, 11) is -1.74. The molecule has 1 aliphatic rings. The van der Waals surface area contributed by atoms with E-state index in [0.717, 1.165) is 25.9 Å². The number of nitrogens with one attached hydrogen (secondary N) is 1. The predicted molar refractivity (Wildman–Crippen MR) is 85.5 cm³/mol. The van der Waals surface area contributed by atoms with E-state index < -0.39 is 10.2 Å². The third-order valence-electron chi connectivity index (χ3n) is 3.87. The lowest BCUT2D eigenvalue weighted by Crippen LogP contribution is -2.53. The Labute approximate surface area is 130 Å². The van der Waals surface area contributed by atoms with E-state index in [-0.39, 0.29) is 18.2 Å². The van der Waals surface area contributed by atoms with Crippen LogP contribution in [-0.2, 0) is 14.9 Å². The number of ether oxygens (including phenoxy) is 1. The first-order valence-electron chi connectivity index (χ1n) is 7.86. The molecule has 1 fully saturated rings. The third-order valence-corrected chi connectivity index (χ3v) is 5.40. The van der Waals surface area contributed by atoms with Gasteiger partial charge in [0.2, 0.25) is 0 Å². The van der Waals surface area contributed by atoms with Gasteiger partial charge in [-0.3, -0.25) is 4.90 Å². The molecule has 1 heterocycles. The van der Waals surface area contributed by atoms with Gasteiger partial charge in [0.05, 0.1) is 12.2 Å². The van der Waals surface area contributed by atoms with Gasteiger partial charge in [0, 0.05) is 39.3 Å². The second kappa shape index (κ2) is 8.43. The molecule has 0 unspecified atom stereocenters. The van der Waals surface area contributed by atoms with E-state index >= 15 is 0 Å². The van der Waals surface area contributed by atoms with Gasteiger partial charge in [-0.25, -0.2) is 4.72 Å². The van der Waals surface area contributed by atoms with E-state index in [9.17, 15) is 8.42 Å². The second-order valence-electron chi connectivity index (χ2n) is 6.09. The lowest BCUT2D eigenvalue weighted by molar-refractivity contribution is -0.0776. The number of morpholine rings is 1. The first-order valence-corrected chi connectivity index (χ1v) is 9.30. The van der Waals surface area contributed by atoms with Crippen LogP contribution in [0.15, 0.2) is 0 Å². The first-order chi connectivity index (χ1) is 9.76. The SMILES string of the molecule is CCCCN(C)S(=O)(=O)NC[C@H](C)N1C[C@@H](C)O[C@H](C)C1. The highest BCUT2D eigenvalue weighted by Gasteiger charge is 2.27. The van der Waals surface area contributed by atoms with Gasteiger partial charge in [-0.1, -0.05) is 13.3 Å². The van der Waals surface area contributed by atoms with Gasteiger partial charge in [0.15, 0.2) is 0 Å². The van der Waals surface area contributed by atoms with E-state index in [1.54, 1.807) is 7.05 Å². The van der Waals surface area contributed by atoms with Crippen molar-refractivity contribution in [2.45, 2.75) is 58.8 Å². The molecule has 0 spiro atoms. The third kappa shape index (κ3) is 6.20. The minimum absolute atomic E-state index is 0.160. The summed E-state index contributed by atoms with van der Waals surface area (Å²) < 4.78 is 34.1. The number of nitrogens with zero attached hydrogens (tertiary/aromatic N) is 2. The summed E-state index contributed by atoms with van der Waals surface area (Å²) >= 11 is 0. The van der Waals surface area contributed by atoms with Gasteiger partial charge in [0.1, 0.15) is 0 Å². The summed E-state index contributed by atoms with van der Waals surface area (Å²) in [6.07, 6.45) is 2.26. The fourth-order valence-electron chi connectivity index (χ4n) is 2.54. The maximum Gasteiger partial charge on any atom is 0.279 e. The van der Waals surface area contributed by atoms with Gasteiger partial charge in [-0.15, -0.1) is 0 Å². The summed E-state index contributed by atoms with van der Waals surface area (Å²) in [6.45, 7) is 10.9. The highest BCUT2D eigenvalue weighted by atomic mass is 32.2. The summed E-state index contributed by atoms with van der Waals surface area (Å²) in [5.74, 6) is 0. The number of hydrogen-bond acceptors (Lipinski definition) is 4. The molecule has 126 valence electrons. The zero-order valence-corrected chi connectivity index (χ0v) is 14.8. The molecule has 7 heteroatoms. The van der Waals surface area contributed by atoms with E-state index in [4.69, 9.17) is 4.74 Å². The lowest BCUT2D eigenvalue weighted by atomic mass is 10.2. The minimum atomic E-state index is -3.37. The molecule has 0 radical (unpaired) electrons. The Morgan fingerprint density at radius 1 is 1.33 bits per heavy atom. The predicted octanol–water partition coefficient (Wildman–Crippen LogP) is 1.05. The zero-order valence-electron chi connectivity index (χ0n) is 14.0. The van der Waals surface area contributed by atoms with E-state index in [1.165, 1.54) is 4.31 Å². The summed E-state index contributed by atoms with van der Waals surface area (Å²) in [5, 5.41) is 0. The maximum absolute atomic E-state index is 12.1. The molecule has 0 saturated carbocycles.